The first-order chi connectivity index (χ1) is 9.15. The average Bonchev–Trinajstić information content (AvgIpc) is 3.08. The fourth-order valence-corrected chi connectivity index (χ4v) is 2.66. The molecule has 1 atom stereocenters. The normalized spacial score (nSPS) is 17.4. The van der Waals surface area contributed by atoms with Gasteiger partial charge in [-0.05, 0) is 39.0 Å². The number of nitrogens with zero attached hydrogens (tertiary/aromatic N) is 3. The third kappa shape index (κ3) is 3.80. The predicted octanol–water partition coefficient (Wildman–Crippen LogP) is 2.41. The Morgan fingerprint density at radius 2 is 2.21 bits per heavy atom. The van der Waals surface area contributed by atoms with Gasteiger partial charge in [0.15, 0.2) is 0 Å². The molecule has 0 amide bonds. The Hall–Kier alpha value is -0.870. The van der Waals surface area contributed by atoms with E-state index in [2.05, 4.69) is 37.0 Å². The minimum atomic E-state index is 0.311. The standard InChI is InChI=1S/C15H28N4/c1-4-7-18-11-14(9-17-18)15(8-16)19(12(2)3)10-13-5-6-13/h9,11-13,15H,4-8,10,16H2,1-3H3. The summed E-state index contributed by atoms with van der Waals surface area (Å²) in [6.07, 6.45) is 8.05. The van der Waals surface area contributed by atoms with Crippen molar-refractivity contribution < 1.29 is 0 Å². The smallest absolute Gasteiger partial charge is 0.0538 e. The van der Waals surface area contributed by atoms with Crippen LogP contribution in [-0.2, 0) is 6.54 Å². The molecule has 1 aliphatic rings. The Balaban J connectivity index is 2.09. The number of aromatic nitrogens is 2. The molecule has 19 heavy (non-hydrogen) atoms. The number of rotatable bonds is 8. The number of hydrogen-bond acceptors (Lipinski definition) is 3. The van der Waals surface area contributed by atoms with Crippen molar-refractivity contribution >= 4 is 0 Å². The zero-order valence-electron chi connectivity index (χ0n) is 12.5. The van der Waals surface area contributed by atoms with E-state index in [-0.39, 0.29) is 0 Å². The Morgan fingerprint density at radius 3 is 2.74 bits per heavy atom. The molecule has 0 saturated heterocycles. The average molecular weight is 264 g/mol. The van der Waals surface area contributed by atoms with Gasteiger partial charge in [0, 0.05) is 37.4 Å². The summed E-state index contributed by atoms with van der Waals surface area (Å²) in [4.78, 5) is 2.55. The lowest BCUT2D eigenvalue weighted by Crippen LogP contribution is -2.39. The number of aryl methyl sites for hydroxylation is 1. The van der Waals surface area contributed by atoms with E-state index in [1.807, 2.05) is 10.9 Å². The summed E-state index contributed by atoms with van der Waals surface area (Å²) in [6.45, 7) is 9.54. The van der Waals surface area contributed by atoms with Crippen LogP contribution in [-0.4, -0.2) is 33.8 Å². The van der Waals surface area contributed by atoms with Crippen LogP contribution < -0.4 is 5.73 Å². The first kappa shape index (κ1) is 14.5. The van der Waals surface area contributed by atoms with Gasteiger partial charge in [0.25, 0.3) is 0 Å². The van der Waals surface area contributed by atoms with Crippen LogP contribution in [0.5, 0.6) is 0 Å². The highest BCUT2D eigenvalue weighted by Crippen LogP contribution is 2.33. The van der Waals surface area contributed by atoms with Gasteiger partial charge in [0.1, 0.15) is 0 Å². The van der Waals surface area contributed by atoms with E-state index in [4.69, 9.17) is 5.73 Å². The van der Waals surface area contributed by atoms with Gasteiger partial charge in [-0.3, -0.25) is 9.58 Å². The molecule has 0 radical (unpaired) electrons. The van der Waals surface area contributed by atoms with Gasteiger partial charge in [0.2, 0.25) is 0 Å². The van der Waals surface area contributed by atoms with Crippen molar-refractivity contribution in [2.75, 3.05) is 13.1 Å². The lowest BCUT2D eigenvalue weighted by atomic mass is 10.1. The highest BCUT2D eigenvalue weighted by Gasteiger charge is 2.30. The fraction of sp³-hybridized carbons (Fsp3) is 0.800. The quantitative estimate of drug-likeness (QED) is 0.784. The van der Waals surface area contributed by atoms with E-state index >= 15 is 0 Å². The summed E-state index contributed by atoms with van der Waals surface area (Å²) < 4.78 is 2.04. The minimum Gasteiger partial charge on any atom is -0.329 e. The molecule has 1 aromatic rings. The van der Waals surface area contributed by atoms with E-state index in [9.17, 15) is 0 Å². The summed E-state index contributed by atoms with van der Waals surface area (Å²) in [5.41, 5.74) is 7.31. The molecule has 0 spiro atoms. The molecule has 1 fully saturated rings. The lowest BCUT2D eigenvalue weighted by molar-refractivity contribution is 0.149. The van der Waals surface area contributed by atoms with Crippen LogP contribution in [0.15, 0.2) is 12.4 Å². The van der Waals surface area contributed by atoms with E-state index in [1.54, 1.807) is 0 Å². The van der Waals surface area contributed by atoms with Gasteiger partial charge < -0.3 is 5.73 Å². The van der Waals surface area contributed by atoms with Gasteiger partial charge in [0.05, 0.1) is 12.2 Å². The third-order valence-electron chi connectivity index (χ3n) is 3.94. The summed E-state index contributed by atoms with van der Waals surface area (Å²) in [6, 6.07) is 0.842. The van der Waals surface area contributed by atoms with Gasteiger partial charge in [-0.1, -0.05) is 6.92 Å². The zero-order chi connectivity index (χ0) is 13.8. The molecule has 4 heteroatoms. The molecule has 0 bridgehead atoms. The predicted molar refractivity (Wildman–Crippen MR) is 78.9 cm³/mol. The van der Waals surface area contributed by atoms with Crippen LogP contribution in [0, 0.1) is 5.92 Å². The van der Waals surface area contributed by atoms with Gasteiger partial charge in [-0.2, -0.15) is 5.10 Å². The van der Waals surface area contributed by atoms with Crippen LogP contribution in [0.4, 0.5) is 0 Å². The summed E-state index contributed by atoms with van der Waals surface area (Å²) >= 11 is 0. The molecular formula is C15H28N4. The monoisotopic (exact) mass is 264 g/mol. The summed E-state index contributed by atoms with van der Waals surface area (Å²) in [5, 5.41) is 4.45. The molecule has 1 aliphatic carbocycles. The van der Waals surface area contributed by atoms with E-state index in [1.165, 1.54) is 24.9 Å². The molecule has 2 rings (SSSR count). The van der Waals surface area contributed by atoms with Crippen molar-refractivity contribution in [2.45, 2.75) is 58.7 Å². The van der Waals surface area contributed by atoms with E-state index < -0.39 is 0 Å². The van der Waals surface area contributed by atoms with Crippen LogP contribution in [0.3, 0.4) is 0 Å². The molecule has 1 heterocycles. The van der Waals surface area contributed by atoms with E-state index in [0.29, 0.717) is 18.6 Å². The highest BCUT2D eigenvalue weighted by atomic mass is 15.3. The lowest BCUT2D eigenvalue weighted by Gasteiger charge is -2.34. The van der Waals surface area contributed by atoms with Crippen molar-refractivity contribution in [3.63, 3.8) is 0 Å². The largest absolute Gasteiger partial charge is 0.329 e. The van der Waals surface area contributed by atoms with Crippen molar-refractivity contribution in [1.82, 2.24) is 14.7 Å². The van der Waals surface area contributed by atoms with Crippen LogP contribution in [0.1, 0.15) is 51.6 Å². The van der Waals surface area contributed by atoms with E-state index in [0.717, 1.165) is 18.9 Å². The second-order valence-electron chi connectivity index (χ2n) is 6.02. The third-order valence-corrected chi connectivity index (χ3v) is 3.94. The fourth-order valence-electron chi connectivity index (χ4n) is 2.66. The summed E-state index contributed by atoms with van der Waals surface area (Å²) in [5.74, 6) is 0.891. The van der Waals surface area contributed by atoms with Crippen LogP contribution in [0.25, 0.3) is 0 Å². The molecule has 1 aromatic heterocycles. The second kappa shape index (κ2) is 6.53. The van der Waals surface area contributed by atoms with Gasteiger partial charge >= 0.3 is 0 Å². The molecule has 108 valence electrons. The van der Waals surface area contributed by atoms with Crippen molar-refractivity contribution in [3.8, 4) is 0 Å². The Bertz CT molecular complexity index is 381. The Kier molecular flexibility index (Phi) is 4.99. The van der Waals surface area contributed by atoms with Crippen LogP contribution >= 0.6 is 0 Å². The minimum absolute atomic E-state index is 0.311. The number of hydrogen-bond donors (Lipinski definition) is 1. The van der Waals surface area contributed by atoms with Gasteiger partial charge in [-0.15, -0.1) is 0 Å². The molecule has 0 aromatic carbocycles. The highest BCUT2D eigenvalue weighted by molar-refractivity contribution is 5.12. The van der Waals surface area contributed by atoms with Gasteiger partial charge in [-0.25, -0.2) is 0 Å². The number of nitrogens with two attached hydrogens (primary N) is 1. The topological polar surface area (TPSA) is 47.1 Å². The van der Waals surface area contributed by atoms with Crippen molar-refractivity contribution in [1.29, 1.82) is 0 Å². The Labute approximate surface area is 117 Å². The maximum Gasteiger partial charge on any atom is 0.0538 e. The second-order valence-corrected chi connectivity index (χ2v) is 6.02. The van der Waals surface area contributed by atoms with Crippen LogP contribution in [0.2, 0.25) is 0 Å². The first-order valence-corrected chi connectivity index (χ1v) is 7.63. The van der Waals surface area contributed by atoms with Crippen molar-refractivity contribution in [2.24, 2.45) is 11.7 Å². The Morgan fingerprint density at radius 1 is 1.47 bits per heavy atom. The molecule has 1 unspecified atom stereocenters. The SMILES string of the molecule is CCCn1cc(C(CN)N(CC2CC2)C(C)C)cn1. The van der Waals surface area contributed by atoms with Crippen molar-refractivity contribution in [3.05, 3.63) is 18.0 Å². The molecule has 0 aliphatic heterocycles. The molecule has 4 nitrogen and oxygen atoms in total. The maximum absolute atomic E-state index is 6.04. The molecular weight excluding hydrogens is 236 g/mol. The maximum atomic E-state index is 6.04. The zero-order valence-corrected chi connectivity index (χ0v) is 12.5. The molecule has 1 saturated carbocycles. The molecule has 2 N–H and O–H groups in total. The summed E-state index contributed by atoms with van der Waals surface area (Å²) in [7, 11) is 0. The first-order valence-electron chi connectivity index (χ1n) is 7.63.